The first kappa shape index (κ1) is 12.6. The molecule has 0 radical (unpaired) electrons. The third kappa shape index (κ3) is 2.68. The SMILES string of the molecule is Nc1c(NCc2ccccc2[N+](=O)[O-])nc[nH]c1=O. The van der Waals surface area contributed by atoms with E-state index < -0.39 is 10.5 Å². The number of benzene rings is 1. The minimum absolute atomic E-state index is 0.00147. The molecule has 0 aliphatic carbocycles. The first-order chi connectivity index (χ1) is 9.09. The van der Waals surface area contributed by atoms with Crippen LogP contribution in [0.15, 0.2) is 35.4 Å². The van der Waals surface area contributed by atoms with Crippen LogP contribution in [0.4, 0.5) is 17.2 Å². The molecule has 0 fully saturated rings. The van der Waals surface area contributed by atoms with E-state index in [1.54, 1.807) is 18.2 Å². The molecule has 0 amide bonds. The molecule has 0 atom stereocenters. The fourth-order valence-electron chi connectivity index (χ4n) is 1.57. The quantitative estimate of drug-likeness (QED) is 0.553. The van der Waals surface area contributed by atoms with Gasteiger partial charge in [-0.3, -0.25) is 14.9 Å². The molecule has 1 heterocycles. The highest BCUT2D eigenvalue weighted by Gasteiger charge is 2.12. The summed E-state index contributed by atoms with van der Waals surface area (Å²) in [6.07, 6.45) is 1.21. The summed E-state index contributed by atoms with van der Waals surface area (Å²) >= 11 is 0. The van der Waals surface area contributed by atoms with Gasteiger partial charge in [-0.1, -0.05) is 18.2 Å². The molecule has 0 aliphatic rings. The lowest BCUT2D eigenvalue weighted by Gasteiger charge is -2.07. The van der Waals surface area contributed by atoms with Gasteiger partial charge in [0.2, 0.25) is 0 Å². The number of hydrogen-bond donors (Lipinski definition) is 3. The summed E-state index contributed by atoms with van der Waals surface area (Å²) in [7, 11) is 0. The monoisotopic (exact) mass is 261 g/mol. The van der Waals surface area contributed by atoms with E-state index in [-0.39, 0.29) is 23.7 Å². The Kier molecular flexibility index (Phi) is 3.42. The van der Waals surface area contributed by atoms with Gasteiger partial charge < -0.3 is 16.0 Å². The number of aromatic nitrogens is 2. The summed E-state index contributed by atoms with van der Waals surface area (Å²) < 4.78 is 0. The Morgan fingerprint density at radius 1 is 1.42 bits per heavy atom. The number of nitro groups is 1. The van der Waals surface area contributed by atoms with Crippen molar-refractivity contribution in [3.8, 4) is 0 Å². The largest absolute Gasteiger partial charge is 0.391 e. The van der Waals surface area contributed by atoms with E-state index in [0.29, 0.717) is 5.56 Å². The van der Waals surface area contributed by atoms with Crippen LogP contribution in [0.25, 0.3) is 0 Å². The van der Waals surface area contributed by atoms with E-state index in [2.05, 4.69) is 15.3 Å². The normalized spacial score (nSPS) is 10.1. The van der Waals surface area contributed by atoms with Crippen LogP contribution in [-0.2, 0) is 6.54 Å². The van der Waals surface area contributed by atoms with E-state index in [1.807, 2.05) is 0 Å². The molecule has 2 rings (SSSR count). The molecule has 8 nitrogen and oxygen atoms in total. The standard InChI is InChI=1S/C11H11N5O3/c12-9-10(14-6-15-11(9)17)13-5-7-3-1-2-4-8(7)16(18)19/h1-4,6H,5,12H2,(H2,13,14,15,17). The number of para-hydroxylation sites is 1. The average Bonchev–Trinajstić information content (AvgIpc) is 2.40. The first-order valence-electron chi connectivity index (χ1n) is 5.39. The zero-order valence-corrected chi connectivity index (χ0v) is 9.79. The fraction of sp³-hybridized carbons (Fsp3) is 0.0909. The van der Waals surface area contributed by atoms with Crippen LogP contribution in [0.1, 0.15) is 5.56 Å². The smallest absolute Gasteiger partial charge is 0.276 e. The highest BCUT2D eigenvalue weighted by atomic mass is 16.6. The molecule has 1 aromatic heterocycles. The van der Waals surface area contributed by atoms with E-state index in [0.717, 1.165) is 0 Å². The number of nitrogens with one attached hydrogen (secondary N) is 2. The summed E-state index contributed by atoms with van der Waals surface area (Å²) in [6, 6.07) is 6.31. The molecule has 0 saturated carbocycles. The molecule has 2 aromatic rings. The number of H-pyrrole nitrogens is 1. The molecule has 0 spiro atoms. The van der Waals surface area contributed by atoms with E-state index in [9.17, 15) is 14.9 Å². The zero-order valence-electron chi connectivity index (χ0n) is 9.79. The van der Waals surface area contributed by atoms with E-state index in [4.69, 9.17) is 5.73 Å². The van der Waals surface area contributed by atoms with Crippen molar-refractivity contribution in [3.63, 3.8) is 0 Å². The number of rotatable bonds is 4. The van der Waals surface area contributed by atoms with Crippen molar-refractivity contribution in [2.75, 3.05) is 11.1 Å². The molecule has 0 unspecified atom stereocenters. The lowest BCUT2D eigenvalue weighted by molar-refractivity contribution is -0.385. The predicted molar refractivity (Wildman–Crippen MR) is 69.7 cm³/mol. The van der Waals surface area contributed by atoms with Crippen molar-refractivity contribution in [1.29, 1.82) is 0 Å². The molecular formula is C11H11N5O3. The lowest BCUT2D eigenvalue weighted by atomic mass is 10.2. The van der Waals surface area contributed by atoms with Crippen LogP contribution in [0.5, 0.6) is 0 Å². The topological polar surface area (TPSA) is 127 Å². The second kappa shape index (κ2) is 5.17. The van der Waals surface area contributed by atoms with Crippen molar-refractivity contribution < 1.29 is 4.92 Å². The predicted octanol–water partition coefficient (Wildman–Crippen LogP) is 0.872. The van der Waals surface area contributed by atoms with Gasteiger partial charge in [0, 0.05) is 18.2 Å². The van der Waals surface area contributed by atoms with Gasteiger partial charge >= 0.3 is 0 Å². The third-order valence-corrected chi connectivity index (χ3v) is 2.52. The lowest BCUT2D eigenvalue weighted by Crippen LogP contribution is -2.16. The number of nitro benzene ring substituents is 1. The maximum absolute atomic E-state index is 11.3. The summed E-state index contributed by atoms with van der Waals surface area (Å²) in [5.74, 6) is 0.196. The van der Waals surface area contributed by atoms with Gasteiger partial charge in [-0.25, -0.2) is 4.98 Å². The van der Waals surface area contributed by atoms with Crippen LogP contribution in [0, 0.1) is 10.1 Å². The van der Waals surface area contributed by atoms with E-state index in [1.165, 1.54) is 12.4 Å². The van der Waals surface area contributed by atoms with Gasteiger partial charge in [-0.15, -0.1) is 0 Å². The second-order valence-corrected chi connectivity index (χ2v) is 3.73. The molecule has 1 aromatic carbocycles. The van der Waals surface area contributed by atoms with Gasteiger partial charge in [0.25, 0.3) is 11.2 Å². The summed E-state index contributed by atoms with van der Waals surface area (Å²) in [5.41, 5.74) is 5.51. The Morgan fingerprint density at radius 3 is 2.89 bits per heavy atom. The highest BCUT2D eigenvalue weighted by molar-refractivity contribution is 5.59. The molecule has 0 bridgehead atoms. The Labute approximate surface area is 107 Å². The van der Waals surface area contributed by atoms with Crippen LogP contribution in [-0.4, -0.2) is 14.9 Å². The summed E-state index contributed by atoms with van der Waals surface area (Å²) in [6.45, 7) is 0.151. The molecule has 8 heteroatoms. The molecule has 4 N–H and O–H groups in total. The van der Waals surface area contributed by atoms with Crippen LogP contribution < -0.4 is 16.6 Å². The summed E-state index contributed by atoms with van der Waals surface area (Å²) in [4.78, 5) is 27.8. The Morgan fingerprint density at radius 2 is 2.16 bits per heavy atom. The van der Waals surface area contributed by atoms with Crippen molar-refractivity contribution in [3.05, 3.63) is 56.6 Å². The van der Waals surface area contributed by atoms with Gasteiger partial charge in [0.05, 0.1) is 11.3 Å². The molecule has 19 heavy (non-hydrogen) atoms. The molecular weight excluding hydrogens is 250 g/mol. The fourth-order valence-corrected chi connectivity index (χ4v) is 1.57. The number of aromatic amines is 1. The van der Waals surface area contributed by atoms with Gasteiger partial charge in [-0.05, 0) is 0 Å². The average molecular weight is 261 g/mol. The maximum Gasteiger partial charge on any atom is 0.276 e. The minimum atomic E-state index is -0.467. The first-order valence-corrected chi connectivity index (χ1v) is 5.39. The second-order valence-electron chi connectivity index (χ2n) is 3.73. The van der Waals surface area contributed by atoms with Crippen molar-refractivity contribution >= 4 is 17.2 Å². The number of nitrogens with two attached hydrogens (primary N) is 1. The van der Waals surface area contributed by atoms with Crippen LogP contribution in [0.3, 0.4) is 0 Å². The third-order valence-electron chi connectivity index (χ3n) is 2.52. The van der Waals surface area contributed by atoms with Gasteiger partial charge in [-0.2, -0.15) is 0 Å². The molecule has 0 aliphatic heterocycles. The van der Waals surface area contributed by atoms with E-state index >= 15 is 0 Å². The number of nitrogen functional groups attached to an aromatic ring is 1. The Hall–Kier alpha value is -2.90. The highest BCUT2D eigenvalue weighted by Crippen LogP contribution is 2.19. The zero-order chi connectivity index (χ0) is 13.8. The van der Waals surface area contributed by atoms with Gasteiger partial charge in [0.1, 0.15) is 5.69 Å². The number of nitrogens with zero attached hydrogens (tertiary/aromatic N) is 2. The van der Waals surface area contributed by atoms with Crippen molar-refractivity contribution in [2.45, 2.75) is 6.54 Å². The number of hydrogen-bond acceptors (Lipinski definition) is 6. The minimum Gasteiger partial charge on any atom is -0.391 e. The Bertz CT molecular complexity index is 667. The molecule has 0 saturated heterocycles. The van der Waals surface area contributed by atoms with Crippen LogP contribution >= 0.6 is 0 Å². The Balaban J connectivity index is 2.22. The van der Waals surface area contributed by atoms with Crippen molar-refractivity contribution in [2.24, 2.45) is 0 Å². The number of anilines is 2. The molecule has 98 valence electrons. The van der Waals surface area contributed by atoms with Crippen molar-refractivity contribution in [1.82, 2.24) is 9.97 Å². The summed E-state index contributed by atoms with van der Waals surface area (Å²) in [5, 5.41) is 13.6. The van der Waals surface area contributed by atoms with Gasteiger partial charge in [0.15, 0.2) is 5.82 Å². The maximum atomic E-state index is 11.3. The van der Waals surface area contributed by atoms with Crippen LogP contribution in [0.2, 0.25) is 0 Å².